The number of nitrogens with zero attached hydrogens (tertiary/aromatic N) is 3. The third-order valence-corrected chi connectivity index (χ3v) is 5.63. The van der Waals surface area contributed by atoms with Crippen LogP contribution in [0, 0.1) is 11.7 Å². The molecule has 3 rings (SSSR count). The Kier molecular flexibility index (Phi) is 5.38. The minimum absolute atomic E-state index is 0.197. The predicted molar refractivity (Wildman–Crippen MR) is 95.5 cm³/mol. The summed E-state index contributed by atoms with van der Waals surface area (Å²) >= 11 is 0. The lowest BCUT2D eigenvalue weighted by Crippen LogP contribution is -2.43. The summed E-state index contributed by atoms with van der Waals surface area (Å²) in [5, 5.41) is 6.95. The van der Waals surface area contributed by atoms with Gasteiger partial charge in [0.1, 0.15) is 5.82 Å². The molecule has 0 saturated carbocycles. The molecule has 1 amide bonds. The molecular formula is C17H21FN4O3S. The summed E-state index contributed by atoms with van der Waals surface area (Å²) in [7, 11) is -3.29. The number of aromatic nitrogens is 2. The lowest BCUT2D eigenvalue weighted by molar-refractivity contribution is -0.120. The fraction of sp³-hybridized carbons (Fsp3) is 0.412. The number of halogens is 1. The number of sulfonamides is 1. The first kappa shape index (κ1) is 18.5. The minimum atomic E-state index is -3.29. The average molecular weight is 380 g/mol. The first-order valence-electron chi connectivity index (χ1n) is 8.34. The van der Waals surface area contributed by atoms with Gasteiger partial charge in [0, 0.05) is 19.3 Å². The van der Waals surface area contributed by atoms with Crippen LogP contribution in [0.25, 0.3) is 0 Å². The van der Waals surface area contributed by atoms with Crippen LogP contribution in [0.2, 0.25) is 0 Å². The highest BCUT2D eigenvalue weighted by Crippen LogP contribution is 2.20. The predicted octanol–water partition coefficient (Wildman–Crippen LogP) is 1.68. The molecule has 0 radical (unpaired) electrons. The van der Waals surface area contributed by atoms with Crippen molar-refractivity contribution in [2.75, 3.05) is 24.7 Å². The van der Waals surface area contributed by atoms with Crippen molar-refractivity contribution >= 4 is 21.6 Å². The lowest BCUT2D eigenvalue weighted by Gasteiger charge is -2.29. The van der Waals surface area contributed by atoms with Crippen molar-refractivity contribution in [1.29, 1.82) is 0 Å². The fourth-order valence-corrected chi connectivity index (χ4v) is 3.95. The van der Waals surface area contributed by atoms with Crippen LogP contribution < -0.4 is 5.32 Å². The second-order valence-corrected chi connectivity index (χ2v) is 8.49. The van der Waals surface area contributed by atoms with E-state index in [1.165, 1.54) is 22.6 Å². The third kappa shape index (κ3) is 4.67. The van der Waals surface area contributed by atoms with Crippen LogP contribution in [0.15, 0.2) is 36.7 Å². The van der Waals surface area contributed by atoms with E-state index in [4.69, 9.17) is 0 Å². The minimum Gasteiger partial charge on any atom is -0.323 e. The number of amides is 1. The molecule has 1 aliphatic heterocycles. The number of benzene rings is 1. The van der Waals surface area contributed by atoms with E-state index in [1.54, 1.807) is 23.0 Å². The van der Waals surface area contributed by atoms with Crippen LogP contribution in [-0.4, -0.2) is 47.8 Å². The summed E-state index contributed by atoms with van der Waals surface area (Å²) in [6.07, 6.45) is 5.65. The van der Waals surface area contributed by atoms with Gasteiger partial charge in [0.2, 0.25) is 15.9 Å². The molecule has 1 N–H and O–H groups in total. The first-order valence-corrected chi connectivity index (χ1v) is 10.2. The highest BCUT2D eigenvalue weighted by atomic mass is 32.2. The molecule has 2 aromatic rings. The molecule has 9 heteroatoms. The molecule has 140 valence electrons. The van der Waals surface area contributed by atoms with Crippen molar-refractivity contribution in [2.24, 2.45) is 5.92 Å². The van der Waals surface area contributed by atoms with Crippen LogP contribution in [-0.2, 0) is 21.4 Å². The number of hydrogen-bond donors (Lipinski definition) is 1. The van der Waals surface area contributed by atoms with Gasteiger partial charge in [0.15, 0.2) is 0 Å². The zero-order chi connectivity index (χ0) is 18.7. The molecule has 1 fully saturated rings. The molecule has 0 bridgehead atoms. The molecule has 1 aliphatic rings. The second-order valence-electron chi connectivity index (χ2n) is 6.51. The van der Waals surface area contributed by atoms with Crippen LogP contribution in [0.3, 0.4) is 0 Å². The van der Waals surface area contributed by atoms with Crippen LogP contribution in [0.5, 0.6) is 0 Å². The molecule has 2 heterocycles. The van der Waals surface area contributed by atoms with Gasteiger partial charge >= 0.3 is 0 Å². The number of nitrogens with one attached hydrogen (secondary N) is 1. The number of piperidine rings is 1. The maximum Gasteiger partial charge on any atom is 0.228 e. The summed E-state index contributed by atoms with van der Waals surface area (Å²) in [5.74, 6) is -0.912. The Morgan fingerprint density at radius 3 is 2.96 bits per heavy atom. The Labute approximate surface area is 151 Å². The van der Waals surface area contributed by atoms with Crippen LogP contribution >= 0.6 is 0 Å². The van der Waals surface area contributed by atoms with Gasteiger partial charge in [0.25, 0.3) is 0 Å². The normalized spacial score (nSPS) is 18.6. The zero-order valence-electron chi connectivity index (χ0n) is 14.4. The Hall–Kier alpha value is -2.26. The van der Waals surface area contributed by atoms with Gasteiger partial charge < -0.3 is 5.32 Å². The summed E-state index contributed by atoms with van der Waals surface area (Å²) < 4.78 is 39.5. The van der Waals surface area contributed by atoms with E-state index in [0.717, 1.165) is 11.8 Å². The Balaban J connectivity index is 1.61. The smallest absolute Gasteiger partial charge is 0.228 e. The van der Waals surface area contributed by atoms with Crippen molar-refractivity contribution in [3.63, 3.8) is 0 Å². The average Bonchev–Trinajstić information content (AvgIpc) is 3.01. The fourth-order valence-electron chi connectivity index (χ4n) is 3.04. The van der Waals surface area contributed by atoms with E-state index in [9.17, 15) is 17.6 Å². The molecule has 0 spiro atoms. The van der Waals surface area contributed by atoms with Gasteiger partial charge in [-0.3, -0.25) is 9.48 Å². The number of hydrogen-bond acceptors (Lipinski definition) is 4. The SMILES string of the molecule is CS(=O)(=O)N1CCC[C@H](C(=O)Nc2cnn(Cc3cccc(F)c3)c2)C1. The highest BCUT2D eigenvalue weighted by molar-refractivity contribution is 7.88. The number of rotatable bonds is 5. The number of anilines is 1. The third-order valence-electron chi connectivity index (χ3n) is 4.36. The summed E-state index contributed by atoms with van der Waals surface area (Å²) in [4.78, 5) is 12.4. The summed E-state index contributed by atoms with van der Waals surface area (Å²) in [5.41, 5.74) is 1.30. The van der Waals surface area contributed by atoms with E-state index < -0.39 is 10.0 Å². The highest BCUT2D eigenvalue weighted by Gasteiger charge is 2.30. The van der Waals surface area contributed by atoms with E-state index >= 15 is 0 Å². The second kappa shape index (κ2) is 7.55. The van der Waals surface area contributed by atoms with E-state index in [2.05, 4.69) is 10.4 Å². The first-order chi connectivity index (χ1) is 12.3. The van der Waals surface area contributed by atoms with E-state index in [-0.39, 0.29) is 24.2 Å². The van der Waals surface area contributed by atoms with E-state index in [0.29, 0.717) is 31.6 Å². The van der Waals surface area contributed by atoms with Crippen molar-refractivity contribution in [3.05, 3.63) is 48.0 Å². The molecule has 26 heavy (non-hydrogen) atoms. The molecule has 1 aromatic heterocycles. The Bertz CT molecular complexity index is 897. The van der Waals surface area contributed by atoms with Gasteiger partial charge in [-0.25, -0.2) is 17.1 Å². The number of carbonyl (C=O) groups is 1. The standard InChI is InChI=1S/C17H21FN4O3S/c1-26(24,25)22-7-3-5-14(11-22)17(23)20-16-9-19-21(12-16)10-13-4-2-6-15(18)8-13/h2,4,6,8-9,12,14H,3,5,7,10-11H2,1H3,(H,20,23)/t14-/m0/s1. The quantitative estimate of drug-likeness (QED) is 0.855. The Morgan fingerprint density at radius 2 is 2.23 bits per heavy atom. The number of carbonyl (C=O) groups excluding carboxylic acids is 1. The molecule has 7 nitrogen and oxygen atoms in total. The summed E-state index contributed by atoms with van der Waals surface area (Å²) in [6, 6.07) is 6.24. The van der Waals surface area contributed by atoms with Crippen molar-refractivity contribution in [1.82, 2.24) is 14.1 Å². The molecule has 1 saturated heterocycles. The van der Waals surface area contributed by atoms with Crippen molar-refractivity contribution in [2.45, 2.75) is 19.4 Å². The molecule has 1 atom stereocenters. The monoisotopic (exact) mass is 380 g/mol. The van der Waals surface area contributed by atoms with Gasteiger partial charge in [-0.15, -0.1) is 0 Å². The Morgan fingerprint density at radius 1 is 1.42 bits per heavy atom. The summed E-state index contributed by atoms with van der Waals surface area (Å²) in [6.45, 7) is 1.04. The maximum absolute atomic E-state index is 13.2. The molecular weight excluding hydrogens is 359 g/mol. The van der Waals surface area contributed by atoms with Gasteiger partial charge in [0.05, 0.1) is 30.6 Å². The topological polar surface area (TPSA) is 84.3 Å². The molecule has 0 unspecified atom stereocenters. The van der Waals surface area contributed by atoms with Crippen molar-refractivity contribution in [3.8, 4) is 0 Å². The van der Waals surface area contributed by atoms with Gasteiger partial charge in [-0.05, 0) is 30.5 Å². The van der Waals surface area contributed by atoms with Gasteiger partial charge in [-0.2, -0.15) is 5.10 Å². The maximum atomic E-state index is 13.2. The largest absolute Gasteiger partial charge is 0.323 e. The zero-order valence-corrected chi connectivity index (χ0v) is 15.2. The molecule has 1 aromatic carbocycles. The van der Waals surface area contributed by atoms with E-state index in [1.807, 2.05) is 0 Å². The van der Waals surface area contributed by atoms with Crippen molar-refractivity contribution < 1.29 is 17.6 Å². The lowest BCUT2D eigenvalue weighted by atomic mass is 9.99. The van der Waals surface area contributed by atoms with Crippen LogP contribution in [0.4, 0.5) is 10.1 Å². The van der Waals surface area contributed by atoms with Gasteiger partial charge in [-0.1, -0.05) is 12.1 Å². The molecule has 0 aliphatic carbocycles. The van der Waals surface area contributed by atoms with Crippen LogP contribution in [0.1, 0.15) is 18.4 Å².